The molecule has 1 saturated carbocycles. The number of hydrogen-bond donors (Lipinski definition) is 1. The van der Waals surface area contributed by atoms with Crippen LogP contribution in [0.3, 0.4) is 0 Å². The quantitative estimate of drug-likeness (QED) is 0.803. The van der Waals surface area contributed by atoms with E-state index in [1.54, 1.807) is 0 Å². The maximum Gasteiger partial charge on any atom is 0.0350 e. The van der Waals surface area contributed by atoms with Gasteiger partial charge in [0.05, 0.1) is 0 Å². The van der Waals surface area contributed by atoms with Gasteiger partial charge in [0.15, 0.2) is 0 Å². The van der Waals surface area contributed by atoms with Crippen LogP contribution in [0, 0.1) is 5.92 Å². The summed E-state index contributed by atoms with van der Waals surface area (Å²) >= 11 is 0. The Hall–Kier alpha value is -0.120. The fourth-order valence-electron chi connectivity index (χ4n) is 3.74. The Balaban J connectivity index is 2.05. The van der Waals surface area contributed by atoms with Gasteiger partial charge in [-0.3, -0.25) is 4.90 Å². The summed E-state index contributed by atoms with van der Waals surface area (Å²) in [6.07, 6.45) is 5.74. The van der Waals surface area contributed by atoms with E-state index in [0.717, 1.165) is 18.5 Å². The molecule has 17 heavy (non-hydrogen) atoms. The van der Waals surface area contributed by atoms with E-state index in [-0.39, 0.29) is 0 Å². The highest BCUT2D eigenvalue weighted by Crippen LogP contribution is 2.27. The minimum absolute atomic E-state index is 0.707. The highest BCUT2D eigenvalue weighted by molar-refractivity contribution is 4.88. The van der Waals surface area contributed by atoms with Gasteiger partial charge >= 0.3 is 0 Å². The zero-order chi connectivity index (χ0) is 12.3. The molecule has 0 amide bonds. The summed E-state index contributed by atoms with van der Waals surface area (Å²) < 4.78 is 0. The lowest BCUT2D eigenvalue weighted by molar-refractivity contribution is 0.125. The van der Waals surface area contributed by atoms with Gasteiger partial charge in [-0.15, -0.1) is 0 Å². The van der Waals surface area contributed by atoms with E-state index in [0.29, 0.717) is 6.04 Å². The number of hydrogen-bond acceptors (Lipinski definition) is 3. The van der Waals surface area contributed by atoms with Crippen molar-refractivity contribution in [3.05, 3.63) is 0 Å². The van der Waals surface area contributed by atoms with Crippen LogP contribution >= 0.6 is 0 Å². The Morgan fingerprint density at radius 1 is 1.12 bits per heavy atom. The van der Waals surface area contributed by atoms with E-state index in [2.05, 4.69) is 36.1 Å². The summed E-state index contributed by atoms with van der Waals surface area (Å²) in [5.41, 5.74) is 0. The van der Waals surface area contributed by atoms with Crippen LogP contribution in [0.1, 0.15) is 32.6 Å². The van der Waals surface area contributed by atoms with Crippen LogP contribution in [0.5, 0.6) is 0 Å². The van der Waals surface area contributed by atoms with Gasteiger partial charge in [0.2, 0.25) is 0 Å². The molecule has 1 heterocycles. The zero-order valence-corrected chi connectivity index (χ0v) is 11.8. The Morgan fingerprint density at radius 3 is 2.47 bits per heavy atom. The second kappa shape index (κ2) is 6.17. The van der Waals surface area contributed by atoms with Gasteiger partial charge in [-0.25, -0.2) is 0 Å². The van der Waals surface area contributed by atoms with Gasteiger partial charge in [0.1, 0.15) is 0 Å². The highest BCUT2D eigenvalue weighted by atomic mass is 15.3. The van der Waals surface area contributed by atoms with Crippen molar-refractivity contribution in [3.8, 4) is 0 Å². The third-order valence-corrected chi connectivity index (χ3v) is 4.37. The average Bonchev–Trinajstić information content (AvgIpc) is 2.74. The van der Waals surface area contributed by atoms with Crippen LogP contribution in [-0.2, 0) is 0 Å². The molecule has 1 saturated heterocycles. The van der Waals surface area contributed by atoms with Gasteiger partial charge < -0.3 is 10.2 Å². The predicted molar refractivity (Wildman–Crippen MR) is 73.3 cm³/mol. The molecule has 100 valence electrons. The van der Waals surface area contributed by atoms with Crippen molar-refractivity contribution in [1.82, 2.24) is 15.1 Å². The third kappa shape index (κ3) is 3.43. The fourth-order valence-corrected chi connectivity index (χ4v) is 3.74. The molecule has 2 fully saturated rings. The topological polar surface area (TPSA) is 18.5 Å². The standard InChI is InChI=1S/C14H29N3/c1-12-9-16(3)11-14(8-15-2)17(10-12)13-6-4-5-7-13/h12-15H,4-11H2,1-3H3. The number of likely N-dealkylation sites (N-methyl/N-ethyl adjacent to an activating group) is 2. The monoisotopic (exact) mass is 239 g/mol. The molecule has 2 aliphatic rings. The molecule has 2 atom stereocenters. The van der Waals surface area contributed by atoms with Crippen molar-refractivity contribution in [1.29, 1.82) is 0 Å². The van der Waals surface area contributed by atoms with Gasteiger partial charge in [0, 0.05) is 38.3 Å². The number of nitrogens with one attached hydrogen (secondary N) is 1. The first-order chi connectivity index (χ1) is 8.20. The van der Waals surface area contributed by atoms with Crippen LogP contribution in [0.25, 0.3) is 0 Å². The lowest BCUT2D eigenvalue weighted by Gasteiger charge is -2.36. The van der Waals surface area contributed by atoms with Crippen LogP contribution in [-0.4, -0.2) is 62.2 Å². The van der Waals surface area contributed by atoms with E-state index < -0.39 is 0 Å². The lowest BCUT2D eigenvalue weighted by atomic mass is 10.1. The summed E-state index contributed by atoms with van der Waals surface area (Å²) in [6, 6.07) is 1.57. The third-order valence-electron chi connectivity index (χ3n) is 4.37. The first-order valence-corrected chi connectivity index (χ1v) is 7.29. The Labute approximate surface area is 107 Å². The Morgan fingerprint density at radius 2 is 1.82 bits per heavy atom. The van der Waals surface area contributed by atoms with Crippen molar-refractivity contribution >= 4 is 0 Å². The second-order valence-electron chi connectivity index (χ2n) is 6.17. The SMILES string of the molecule is CNCC1CN(C)CC(C)CN1C1CCCC1. The molecule has 0 aromatic rings. The summed E-state index contributed by atoms with van der Waals surface area (Å²) in [5.74, 6) is 0.808. The zero-order valence-electron chi connectivity index (χ0n) is 11.8. The predicted octanol–water partition coefficient (Wildman–Crippen LogP) is 1.40. The van der Waals surface area contributed by atoms with Gasteiger partial charge in [-0.1, -0.05) is 19.8 Å². The normalized spacial score (nSPS) is 34.1. The van der Waals surface area contributed by atoms with Crippen LogP contribution in [0.4, 0.5) is 0 Å². The summed E-state index contributed by atoms with van der Waals surface area (Å²) in [7, 11) is 4.36. The molecule has 1 aliphatic carbocycles. The number of nitrogens with zero attached hydrogens (tertiary/aromatic N) is 2. The molecule has 0 aromatic carbocycles. The molecule has 0 bridgehead atoms. The average molecular weight is 239 g/mol. The second-order valence-corrected chi connectivity index (χ2v) is 6.17. The van der Waals surface area contributed by atoms with Crippen molar-refractivity contribution < 1.29 is 0 Å². The highest BCUT2D eigenvalue weighted by Gasteiger charge is 2.32. The number of rotatable bonds is 3. The van der Waals surface area contributed by atoms with E-state index in [1.807, 2.05) is 0 Å². The van der Waals surface area contributed by atoms with Crippen molar-refractivity contribution in [3.63, 3.8) is 0 Å². The molecule has 1 aliphatic heterocycles. The van der Waals surface area contributed by atoms with Crippen LogP contribution in [0.15, 0.2) is 0 Å². The summed E-state index contributed by atoms with van der Waals surface area (Å²) in [6.45, 7) is 7.31. The van der Waals surface area contributed by atoms with Crippen LogP contribution in [0.2, 0.25) is 0 Å². The maximum absolute atomic E-state index is 3.39. The van der Waals surface area contributed by atoms with E-state index in [4.69, 9.17) is 0 Å². The Bertz CT molecular complexity index is 226. The lowest BCUT2D eigenvalue weighted by Crippen LogP contribution is -2.50. The fraction of sp³-hybridized carbons (Fsp3) is 1.00. The molecule has 0 aromatic heterocycles. The van der Waals surface area contributed by atoms with Crippen molar-refractivity contribution in [2.24, 2.45) is 5.92 Å². The van der Waals surface area contributed by atoms with Gasteiger partial charge in [0.25, 0.3) is 0 Å². The molecular formula is C14H29N3. The van der Waals surface area contributed by atoms with E-state index in [9.17, 15) is 0 Å². The first kappa shape index (κ1) is 13.3. The van der Waals surface area contributed by atoms with Crippen molar-refractivity contribution in [2.75, 3.05) is 40.3 Å². The summed E-state index contributed by atoms with van der Waals surface area (Å²) in [4.78, 5) is 5.33. The summed E-state index contributed by atoms with van der Waals surface area (Å²) in [5, 5.41) is 3.39. The molecule has 2 rings (SSSR count). The van der Waals surface area contributed by atoms with Crippen molar-refractivity contribution in [2.45, 2.75) is 44.7 Å². The molecule has 0 radical (unpaired) electrons. The van der Waals surface area contributed by atoms with E-state index >= 15 is 0 Å². The minimum atomic E-state index is 0.707. The molecule has 3 nitrogen and oxygen atoms in total. The molecule has 3 heteroatoms. The van der Waals surface area contributed by atoms with Crippen LogP contribution < -0.4 is 5.32 Å². The first-order valence-electron chi connectivity index (χ1n) is 7.29. The molecule has 2 unspecified atom stereocenters. The largest absolute Gasteiger partial charge is 0.318 e. The molecular weight excluding hydrogens is 210 g/mol. The maximum atomic E-state index is 3.39. The smallest absolute Gasteiger partial charge is 0.0350 e. The van der Waals surface area contributed by atoms with E-state index in [1.165, 1.54) is 45.3 Å². The minimum Gasteiger partial charge on any atom is -0.318 e. The molecule has 0 spiro atoms. The Kier molecular flexibility index (Phi) is 4.83. The van der Waals surface area contributed by atoms with Gasteiger partial charge in [-0.2, -0.15) is 0 Å². The molecule has 1 N–H and O–H groups in total. The van der Waals surface area contributed by atoms with Gasteiger partial charge in [-0.05, 0) is 32.9 Å².